The molecular formula is C8H13N3O6S2. The second-order valence-corrected chi connectivity index (χ2v) is 8.25. The SMILES string of the molecule is Cn1cc(C(NS(=O)(=O)CS(C)(=O)=O)C(=O)O)cn1. The number of sulfone groups is 1. The van der Waals surface area contributed by atoms with E-state index in [1.54, 1.807) is 0 Å². The van der Waals surface area contributed by atoms with Crippen molar-refractivity contribution < 1.29 is 26.7 Å². The molecule has 0 radical (unpaired) electrons. The Bertz CT molecular complexity index is 675. The highest BCUT2D eigenvalue weighted by Gasteiger charge is 2.28. The Balaban J connectivity index is 3.01. The molecule has 1 heterocycles. The van der Waals surface area contributed by atoms with Gasteiger partial charge in [0.1, 0.15) is 6.04 Å². The molecule has 1 rings (SSSR count). The molecule has 9 nitrogen and oxygen atoms in total. The molecule has 0 bridgehead atoms. The van der Waals surface area contributed by atoms with E-state index in [1.807, 2.05) is 4.72 Å². The van der Waals surface area contributed by atoms with Crippen molar-refractivity contribution in [2.24, 2.45) is 7.05 Å². The normalized spacial score (nSPS) is 14.2. The van der Waals surface area contributed by atoms with E-state index in [9.17, 15) is 21.6 Å². The molecule has 108 valence electrons. The number of aromatic nitrogens is 2. The molecule has 19 heavy (non-hydrogen) atoms. The molecule has 0 aliphatic rings. The summed E-state index contributed by atoms with van der Waals surface area (Å²) >= 11 is 0. The lowest BCUT2D eigenvalue weighted by molar-refractivity contribution is -0.139. The van der Waals surface area contributed by atoms with Gasteiger partial charge in [-0.3, -0.25) is 9.48 Å². The van der Waals surface area contributed by atoms with Crippen molar-refractivity contribution in [3.63, 3.8) is 0 Å². The summed E-state index contributed by atoms with van der Waals surface area (Å²) in [6, 6.07) is -1.58. The maximum absolute atomic E-state index is 11.6. The molecule has 1 atom stereocenters. The molecule has 0 aliphatic carbocycles. The summed E-state index contributed by atoms with van der Waals surface area (Å²) in [7, 11) is -6.54. The fraction of sp³-hybridized carbons (Fsp3) is 0.500. The van der Waals surface area contributed by atoms with Crippen LogP contribution in [0, 0.1) is 0 Å². The Morgan fingerprint density at radius 2 is 2.05 bits per heavy atom. The summed E-state index contributed by atoms with van der Waals surface area (Å²) in [5.74, 6) is -1.45. The van der Waals surface area contributed by atoms with Gasteiger partial charge < -0.3 is 5.11 Å². The lowest BCUT2D eigenvalue weighted by Crippen LogP contribution is -2.36. The molecule has 0 saturated carbocycles. The van der Waals surface area contributed by atoms with Crippen LogP contribution in [0.4, 0.5) is 0 Å². The van der Waals surface area contributed by atoms with Crippen molar-refractivity contribution >= 4 is 25.8 Å². The second-order valence-electron chi connectivity index (χ2n) is 3.99. The zero-order valence-electron chi connectivity index (χ0n) is 10.1. The van der Waals surface area contributed by atoms with Crippen LogP contribution >= 0.6 is 0 Å². The number of carboxylic acid groups (broad SMARTS) is 1. The summed E-state index contributed by atoms with van der Waals surface area (Å²) < 4.78 is 48.2. The molecule has 11 heteroatoms. The van der Waals surface area contributed by atoms with E-state index >= 15 is 0 Å². The maximum atomic E-state index is 11.6. The maximum Gasteiger partial charge on any atom is 0.326 e. The second kappa shape index (κ2) is 5.27. The lowest BCUT2D eigenvalue weighted by atomic mass is 10.2. The molecule has 2 N–H and O–H groups in total. The highest BCUT2D eigenvalue weighted by molar-refractivity contribution is 8.06. The van der Waals surface area contributed by atoms with Crippen LogP contribution in [0.1, 0.15) is 11.6 Å². The van der Waals surface area contributed by atoms with Crippen LogP contribution in [0.2, 0.25) is 0 Å². The Hall–Kier alpha value is -1.46. The number of hydrogen-bond donors (Lipinski definition) is 2. The van der Waals surface area contributed by atoms with E-state index in [1.165, 1.54) is 24.1 Å². The third kappa shape index (κ3) is 4.96. The fourth-order valence-corrected chi connectivity index (χ4v) is 4.47. The first kappa shape index (κ1) is 15.6. The summed E-state index contributed by atoms with van der Waals surface area (Å²) in [6.07, 6.45) is 3.25. The Morgan fingerprint density at radius 1 is 1.47 bits per heavy atom. The van der Waals surface area contributed by atoms with Crippen molar-refractivity contribution in [2.45, 2.75) is 6.04 Å². The minimum absolute atomic E-state index is 0.104. The quantitative estimate of drug-likeness (QED) is 0.650. The highest BCUT2D eigenvalue weighted by Crippen LogP contribution is 2.13. The monoisotopic (exact) mass is 311 g/mol. The van der Waals surface area contributed by atoms with E-state index in [4.69, 9.17) is 5.11 Å². The highest BCUT2D eigenvalue weighted by atomic mass is 32.3. The zero-order chi connectivity index (χ0) is 14.8. The number of sulfonamides is 1. The van der Waals surface area contributed by atoms with Crippen molar-refractivity contribution in [1.82, 2.24) is 14.5 Å². The van der Waals surface area contributed by atoms with Gasteiger partial charge in [0.15, 0.2) is 14.9 Å². The molecular weight excluding hydrogens is 298 g/mol. The van der Waals surface area contributed by atoms with Gasteiger partial charge in [-0.1, -0.05) is 0 Å². The van der Waals surface area contributed by atoms with Crippen molar-refractivity contribution in [2.75, 3.05) is 11.3 Å². The minimum atomic E-state index is -4.28. The molecule has 0 spiro atoms. The summed E-state index contributed by atoms with van der Waals surface area (Å²) in [6.45, 7) is 0. The Labute approximate surface area is 110 Å². The van der Waals surface area contributed by atoms with Crippen molar-refractivity contribution in [3.05, 3.63) is 18.0 Å². The minimum Gasteiger partial charge on any atom is -0.480 e. The van der Waals surface area contributed by atoms with Gasteiger partial charge in [-0.25, -0.2) is 16.8 Å². The molecule has 1 unspecified atom stereocenters. The number of nitrogens with one attached hydrogen (secondary N) is 1. The van der Waals surface area contributed by atoms with Gasteiger partial charge in [0, 0.05) is 25.1 Å². The van der Waals surface area contributed by atoms with E-state index < -0.39 is 37.0 Å². The molecule has 1 aromatic heterocycles. The standard InChI is InChI=1S/C8H13N3O6S2/c1-11-4-6(3-9-11)7(8(12)13)10-19(16,17)5-18(2,14)15/h3-4,7,10H,5H2,1-2H3,(H,12,13). The number of rotatable bonds is 6. The molecule has 0 saturated heterocycles. The largest absolute Gasteiger partial charge is 0.480 e. The third-order valence-electron chi connectivity index (χ3n) is 1.97. The number of aliphatic carboxylic acids is 1. The van der Waals surface area contributed by atoms with Crippen LogP contribution in [0.25, 0.3) is 0 Å². The topological polar surface area (TPSA) is 135 Å². The first-order valence-corrected chi connectivity index (χ1v) is 8.60. The van der Waals surface area contributed by atoms with E-state index in [2.05, 4.69) is 5.10 Å². The molecule has 0 fully saturated rings. The fourth-order valence-electron chi connectivity index (χ4n) is 1.35. The molecule has 0 amide bonds. The molecule has 0 aromatic carbocycles. The van der Waals surface area contributed by atoms with E-state index in [-0.39, 0.29) is 5.56 Å². The smallest absolute Gasteiger partial charge is 0.326 e. The first-order chi connectivity index (χ1) is 8.50. The van der Waals surface area contributed by atoms with Crippen molar-refractivity contribution in [1.29, 1.82) is 0 Å². The van der Waals surface area contributed by atoms with E-state index in [0.717, 1.165) is 6.26 Å². The van der Waals surface area contributed by atoms with Crippen LogP contribution in [-0.2, 0) is 31.7 Å². The Kier molecular flexibility index (Phi) is 4.32. The number of aryl methyl sites for hydroxylation is 1. The van der Waals surface area contributed by atoms with Crippen LogP contribution in [0.5, 0.6) is 0 Å². The van der Waals surface area contributed by atoms with Gasteiger partial charge in [-0.05, 0) is 0 Å². The lowest BCUT2D eigenvalue weighted by Gasteiger charge is -2.12. The summed E-state index contributed by atoms with van der Waals surface area (Å²) in [4.78, 5) is 11.0. The zero-order valence-corrected chi connectivity index (χ0v) is 11.8. The predicted molar refractivity (Wildman–Crippen MR) is 65.4 cm³/mol. The van der Waals surface area contributed by atoms with Gasteiger partial charge in [-0.15, -0.1) is 0 Å². The number of nitrogens with zero attached hydrogens (tertiary/aromatic N) is 2. The Morgan fingerprint density at radius 3 is 2.42 bits per heavy atom. The summed E-state index contributed by atoms with van der Waals surface area (Å²) in [5, 5.41) is 11.5. The number of carbonyl (C=O) groups is 1. The number of carboxylic acids is 1. The predicted octanol–water partition coefficient (Wildman–Crippen LogP) is -1.53. The molecule has 0 aliphatic heterocycles. The molecule has 1 aromatic rings. The van der Waals surface area contributed by atoms with Crippen LogP contribution in [0.15, 0.2) is 12.4 Å². The van der Waals surface area contributed by atoms with Gasteiger partial charge in [0.25, 0.3) is 0 Å². The van der Waals surface area contributed by atoms with Gasteiger partial charge in [0.05, 0.1) is 6.20 Å². The van der Waals surface area contributed by atoms with Gasteiger partial charge >= 0.3 is 5.97 Å². The summed E-state index contributed by atoms with van der Waals surface area (Å²) in [5.41, 5.74) is 0.104. The number of hydrogen-bond acceptors (Lipinski definition) is 6. The average molecular weight is 311 g/mol. The first-order valence-electron chi connectivity index (χ1n) is 4.89. The van der Waals surface area contributed by atoms with Gasteiger partial charge in [-0.2, -0.15) is 9.82 Å². The van der Waals surface area contributed by atoms with Crippen LogP contribution in [-0.4, -0.2) is 49.0 Å². The van der Waals surface area contributed by atoms with Gasteiger partial charge in [0.2, 0.25) is 10.0 Å². The van der Waals surface area contributed by atoms with Crippen LogP contribution in [0.3, 0.4) is 0 Å². The van der Waals surface area contributed by atoms with Crippen LogP contribution < -0.4 is 4.72 Å². The average Bonchev–Trinajstić information content (AvgIpc) is 2.57. The van der Waals surface area contributed by atoms with Crippen molar-refractivity contribution in [3.8, 4) is 0 Å². The van der Waals surface area contributed by atoms with E-state index in [0.29, 0.717) is 0 Å². The third-order valence-corrected chi connectivity index (χ3v) is 5.52.